The van der Waals surface area contributed by atoms with Crippen molar-refractivity contribution in [3.8, 4) is 0 Å². The molecular weight excluding hydrogens is 334 g/mol. The molecule has 0 spiro atoms. The minimum absolute atomic E-state index is 0.0352. The molecule has 0 aliphatic carbocycles. The molecule has 7 nitrogen and oxygen atoms in total. The van der Waals surface area contributed by atoms with Gasteiger partial charge in [0.2, 0.25) is 5.16 Å². The maximum Gasteiger partial charge on any atom is 0.269 e. The highest BCUT2D eigenvalue weighted by Crippen LogP contribution is 2.51. The maximum atomic E-state index is 10.8. The van der Waals surface area contributed by atoms with Gasteiger partial charge in [-0.2, -0.15) is 0 Å². The molecule has 118 valence electrons. The normalized spacial score (nSPS) is 19.0. The SMILES string of the molecule is CC(C)c1nnc2n1N1C(=CSC1c1ccc([N+](=O)[O-])cc1)S2. The van der Waals surface area contributed by atoms with Crippen molar-refractivity contribution in [3.63, 3.8) is 0 Å². The summed E-state index contributed by atoms with van der Waals surface area (Å²) < 4.78 is 2.06. The van der Waals surface area contributed by atoms with Gasteiger partial charge in [0.15, 0.2) is 5.82 Å². The zero-order valence-corrected chi connectivity index (χ0v) is 14.0. The van der Waals surface area contributed by atoms with E-state index >= 15 is 0 Å². The summed E-state index contributed by atoms with van der Waals surface area (Å²) in [4.78, 5) is 10.4. The number of nitro groups is 1. The molecule has 0 amide bonds. The van der Waals surface area contributed by atoms with E-state index in [0.29, 0.717) is 0 Å². The number of benzene rings is 1. The number of rotatable bonds is 3. The van der Waals surface area contributed by atoms with Gasteiger partial charge in [-0.1, -0.05) is 25.6 Å². The minimum atomic E-state index is -0.379. The largest absolute Gasteiger partial charge is 0.269 e. The zero-order chi connectivity index (χ0) is 16.1. The van der Waals surface area contributed by atoms with Crippen LogP contribution in [0.2, 0.25) is 0 Å². The van der Waals surface area contributed by atoms with Crippen LogP contribution >= 0.6 is 23.5 Å². The van der Waals surface area contributed by atoms with E-state index in [4.69, 9.17) is 0 Å². The average molecular weight is 347 g/mol. The second-order valence-corrected chi connectivity index (χ2v) is 7.49. The second-order valence-electron chi connectivity index (χ2n) is 5.55. The van der Waals surface area contributed by atoms with Crippen LogP contribution in [0.4, 0.5) is 5.69 Å². The molecule has 4 rings (SSSR count). The molecule has 23 heavy (non-hydrogen) atoms. The van der Waals surface area contributed by atoms with Crippen molar-refractivity contribution in [2.75, 3.05) is 5.01 Å². The molecule has 0 fully saturated rings. The molecule has 1 aromatic carbocycles. The first-order valence-electron chi connectivity index (χ1n) is 7.09. The van der Waals surface area contributed by atoms with Crippen LogP contribution < -0.4 is 5.01 Å². The highest BCUT2D eigenvalue weighted by Gasteiger charge is 2.40. The molecule has 1 atom stereocenters. The summed E-state index contributed by atoms with van der Waals surface area (Å²) in [5.41, 5.74) is 1.12. The van der Waals surface area contributed by atoms with Crippen molar-refractivity contribution in [3.05, 3.63) is 56.2 Å². The molecule has 0 saturated carbocycles. The van der Waals surface area contributed by atoms with Crippen LogP contribution in [0.25, 0.3) is 0 Å². The van der Waals surface area contributed by atoms with E-state index in [1.165, 1.54) is 0 Å². The molecule has 2 aromatic rings. The van der Waals surface area contributed by atoms with E-state index in [9.17, 15) is 10.1 Å². The lowest BCUT2D eigenvalue weighted by Crippen LogP contribution is -2.31. The first-order chi connectivity index (χ1) is 11.1. The van der Waals surface area contributed by atoms with E-state index in [2.05, 4.69) is 39.1 Å². The van der Waals surface area contributed by atoms with Crippen molar-refractivity contribution in [1.29, 1.82) is 0 Å². The Morgan fingerprint density at radius 1 is 1.26 bits per heavy atom. The fraction of sp³-hybridized carbons (Fsp3) is 0.286. The number of hydrogen-bond acceptors (Lipinski definition) is 7. The summed E-state index contributed by atoms with van der Waals surface area (Å²) >= 11 is 3.28. The minimum Gasteiger partial charge on any atom is -0.258 e. The van der Waals surface area contributed by atoms with Crippen molar-refractivity contribution >= 4 is 29.2 Å². The second kappa shape index (κ2) is 5.27. The third-order valence-corrected chi connectivity index (χ3v) is 5.89. The Balaban J connectivity index is 1.72. The molecule has 3 heterocycles. The van der Waals surface area contributed by atoms with E-state index in [0.717, 1.165) is 21.6 Å². The molecule has 0 radical (unpaired) electrons. The molecule has 2 aliphatic heterocycles. The van der Waals surface area contributed by atoms with Crippen LogP contribution in [0, 0.1) is 10.1 Å². The third-order valence-electron chi connectivity index (χ3n) is 3.70. The van der Waals surface area contributed by atoms with Crippen LogP contribution in [-0.2, 0) is 0 Å². The Labute approximate surface area is 140 Å². The van der Waals surface area contributed by atoms with Crippen molar-refractivity contribution in [2.24, 2.45) is 0 Å². The van der Waals surface area contributed by atoms with Gasteiger partial charge < -0.3 is 0 Å². The molecule has 0 bridgehead atoms. The number of nitro benzene ring substituents is 1. The van der Waals surface area contributed by atoms with Gasteiger partial charge in [-0.05, 0) is 29.5 Å². The van der Waals surface area contributed by atoms with Gasteiger partial charge in [-0.3, -0.25) is 15.1 Å². The van der Waals surface area contributed by atoms with Crippen LogP contribution in [0.1, 0.15) is 36.5 Å². The smallest absolute Gasteiger partial charge is 0.258 e. The third kappa shape index (κ3) is 2.22. The summed E-state index contributed by atoms with van der Waals surface area (Å²) in [6.07, 6.45) is 0. The van der Waals surface area contributed by atoms with E-state index in [-0.39, 0.29) is 21.9 Å². The lowest BCUT2D eigenvalue weighted by Gasteiger charge is -2.26. The monoisotopic (exact) mass is 347 g/mol. The molecule has 1 unspecified atom stereocenters. The van der Waals surface area contributed by atoms with E-state index < -0.39 is 0 Å². The van der Waals surface area contributed by atoms with Gasteiger partial charge in [0.1, 0.15) is 10.4 Å². The number of thioether (sulfide) groups is 2. The van der Waals surface area contributed by atoms with Gasteiger partial charge in [-0.15, -0.1) is 10.2 Å². The predicted molar refractivity (Wildman–Crippen MR) is 89.7 cm³/mol. The Bertz CT molecular complexity index is 815. The number of fused-ring (bicyclic) bond motifs is 3. The standard InChI is InChI=1S/C14H13N5O2S2/c1-8(2)12-15-16-14-18(12)17-11(23-14)7-22-13(17)9-3-5-10(6-4-9)19(20)21/h3-8,13H,1-2H3. The topological polar surface area (TPSA) is 77.1 Å². The van der Waals surface area contributed by atoms with Crippen LogP contribution in [0.5, 0.6) is 0 Å². The molecule has 9 heteroatoms. The Morgan fingerprint density at radius 3 is 2.65 bits per heavy atom. The first kappa shape index (κ1) is 14.6. The quantitative estimate of drug-likeness (QED) is 0.620. The van der Waals surface area contributed by atoms with Gasteiger partial charge in [-0.25, -0.2) is 4.68 Å². The molecule has 0 N–H and O–H groups in total. The molecule has 2 aliphatic rings. The number of aromatic nitrogens is 3. The summed E-state index contributed by atoms with van der Waals surface area (Å²) in [7, 11) is 0. The van der Waals surface area contributed by atoms with E-state index in [1.807, 2.05) is 12.1 Å². The number of nitrogens with zero attached hydrogens (tertiary/aromatic N) is 5. The molecule has 0 saturated heterocycles. The van der Waals surface area contributed by atoms with Crippen LogP contribution in [-0.4, -0.2) is 19.8 Å². The lowest BCUT2D eigenvalue weighted by molar-refractivity contribution is -0.384. The first-order valence-corrected chi connectivity index (χ1v) is 8.85. The molecular formula is C14H13N5O2S2. The molecule has 1 aromatic heterocycles. The zero-order valence-electron chi connectivity index (χ0n) is 12.4. The maximum absolute atomic E-state index is 10.8. The van der Waals surface area contributed by atoms with Crippen LogP contribution in [0.15, 0.2) is 39.9 Å². The van der Waals surface area contributed by atoms with Crippen molar-refractivity contribution in [2.45, 2.75) is 30.3 Å². The lowest BCUT2D eigenvalue weighted by atomic mass is 10.2. The fourth-order valence-electron chi connectivity index (χ4n) is 2.60. The van der Waals surface area contributed by atoms with Crippen LogP contribution in [0.3, 0.4) is 0 Å². The Hall–Kier alpha value is -2.00. The van der Waals surface area contributed by atoms with Gasteiger partial charge in [0, 0.05) is 23.5 Å². The average Bonchev–Trinajstić information content (AvgIpc) is 3.17. The van der Waals surface area contributed by atoms with Gasteiger partial charge >= 0.3 is 0 Å². The Kier molecular flexibility index (Phi) is 3.34. The van der Waals surface area contributed by atoms with Crippen molar-refractivity contribution in [1.82, 2.24) is 14.9 Å². The predicted octanol–water partition coefficient (Wildman–Crippen LogP) is 3.60. The fourth-order valence-corrected chi connectivity index (χ4v) is 4.83. The van der Waals surface area contributed by atoms with Gasteiger partial charge in [0.25, 0.3) is 5.69 Å². The van der Waals surface area contributed by atoms with E-state index in [1.54, 1.807) is 35.7 Å². The highest BCUT2D eigenvalue weighted by atomic mass is 32.2. The van der Waals surface area contributed by atoms with Gasteiger partial charge in [0.05, 0.1) is 4.92 Å². The summed E-state index contributed by atoms with van der Waals surface area (Å²) in [6, 6.07) is 6.73. The number of hydrogen-bond donors (Lipinski definition) is 0. The summed E-state index contributed by atoms with van der Waals surface area (Å²) in [5.74, 6) is 1.18. The summed E-state index contributed by atoms with van der Waals surface area (Å²) in [5, 5.41) is 25.7. The highest BCUT2D eigenvalue weighted by molar-refractivity contribution is 8.07. The van der Waals surface area contributed by atoms with Crippen molar-refractivity contribution < 1.29 is 4.92 Å². The Morgan fingerprint density at radius 2 is 2.00 bits per heavy atom. The summed E-state index contributed by atoms with van der Waals surface area (Å²) in [6.45, 7) is 4.18. The number of non-ortho nitro benzene ring substituents is 1.